The molecule has 5 heteroatoms. The molecule has 0 spiro atoms. The molecule has 0 saturated heterocycles. The molecule has 0 atom stereocenters. The normalized spacial score (nSPS) is 10.5. The van der Waals surface area contributed by atoms with Gasteiger partial charge in [0.25, 0.3) is 0 Å². The number of benzene rings is 1. The molecule has 0 bridgehead atoms. The highest BCUT2D eigenvalue weighted by atomic mass is 19.1. The molecule has 80 valence electrons. The average Bonchev–Trinajstić information content (AvgIpc) is 2.18. The highest BCUT2D eigenvalue weighted by molar-refractivity contribution is 5.79. The molecule has 0 unspecified atom stereocenters. The summed E-state index contributed by atoms with van der Waals surface area (Å²) in [6.45, 7) is 1.14. The van der Waals surface area contributed by atoms with Crippen molar-refractivity contribution in [2.75, 3.05) is 6.61 Å². The number of carboxylic acid groups (broad SMARTS) is 1. The molecule has 0 amide bonds. The van der Waals surface area contributed by atoms with Gasteiger partial charge in [-0.25, -0.2) is 9.18 Å². The molecule has 0 saturated carbocycles. The van der Waals surface area contributed by atoms with E-state index in [1.54, 1.807) is 19.1 Å². The predicted octanol–water partition coefficient (Wildman–Crippen LogP) is 1.57. The summed E-state index contributed by atoms with van der Waals surface area (Å²) in [7, 11) is 0. The van der Waals surface area contributed by atoms with Crippen molar-refractivity contribution in [2.24, 2.45) is 5.16 Å². The van der Waals surface area contributed by atoms with E-state index >= 15 is 0 Å². The largest absolute Gasteiger partial charge is 0.479 e. The molecule has 1 N–H and O–H groups in total. The van der Waals surface area contributed by atoms with Crippen LogP contribution in [0.15, 0.2) is 23.4 Å². The Bertz CT molecular complexity index is 390. The Kier molecular flexibility index (Phi) is 3.79. The van der Waals surface area contributed by atoms with Gasteiger partial charge in [0.05, 0.1) is 6.21 Å². The van der Waals surface area contributed by atoms with Gasteiger partial charge in [-0.05, 0) is 24.1 Å². The van der Waals surface area contributed by atoms with Crippen molar-refractivity contribution in [2.45, 2.75) is 6.92 Å². The minimum atomic E-state index is -1.11. The maximum Gasteiger partial charge on any atom is 0.344 e. The van der Waals surface area contributed by atoms with Gasteiger partial charge in [-0.1, -0.05) is 17.3 Å². The monoisotopic (exact) mass is 211 g/mol. The van der Waals surface area contributed by atoms with E-state index in [9.17, 15) is 9.18 Å². The van der Waals surface area contributed by atoms with Crippen LogP contribution in [-0.4, -0.2) is 23.9 Å². The van der Waals surface area contributed by atoms with Crippen molar-refractivity contribution in [1.29, 1.82) is 0 Å². The van der Waals surface area contributed by atoms with Crippen molar-refractivity contribution in [1.82, 2.24) is 0 Å². The quantitative estimate of drug-likeness (QED) is 0.607. The molecule has 1 aromatic rings. The molecule has 15 heavy (non-hydrogen) atoms. The number of nitrogens with zero attached hydrogens (tertiary/aromatic N) is 1. The lowest BCUT2D eigenvalue weighted by atomic mass is 10.1. The van der Waals surface area contributed by atoms with Crippen LogP contribution in [-0.2, 0) is 9.63 Å². The molecule has 0 aliphatic heterocycles. The van der Waals surface area contributed by atoms with Crippen molar-refractivity contribution in [3.05, 3.63) is 35.1 Å². The molecule has 0 radical (unpaired) electrons. The first-order valence-electron chi connectivity index (χ1n) is 4.23. The molecule has 0 aromatic heterocycles. The van der Waals surface area contributed by atoms with Crippen LogP contribution < -0.4 is 0 Å². The van der Waals surface area contributed by atoms with E-state index in [1.165, 1.54) is 12.3 Å². The third-order valence-corrected chi connectivity index (χ3v) is 1.66. The summed E-state index contributed by atoms with van der Waals surface area (Å²) < 4.78 is 13.0. The number of hydrogen-bond donors (Lipinski definition) is 1. The lowest BCUT2D eigenvalue weighted by Gasteiger charge is -1.97. The van der Waals surface area contributed by atoms with Gasteiger partial charge in [-0.3, -0.25) is 0 Å². The Morgan fingerprint density at radius 3 is 3.00 bits per heavy atom. The van der Waals surface area contributed by atoms with Gasteiger partial charge in [0.15, 0.2) is 0 Å². The summed E-state index contributed by atoms with van der Waals surface area (Å²) >= 11 is 0. The Morgan fingerprint density at radius 1 is 1.67 bits per heavy atom. The van der Waals surface area contributed by atoms with Gasteiger partial charge < -0.3 is 9.94 Å². The van der Waals surface area contributed by atoms with Gasteiger partial charge in [0, 0.05) is 0 Å². The standard InChI is InChI=1S/C10H10FNO3/c1-7-2-3-8(4-9(7)11)5-12-15-6-10(13)14/h2-5H,6H2,1H3,(H,13,14). The van der Waals surface area contributed by atoms with Crippen LogP contribution in [0.1, 0.15) is 11.1 Å². The van der Waals surface area contributed by atoms with Crippen LogP contribution in [0.2, 0.25) is 0 Å². The molecule has 0 fully saturated rings. The highest BCUT2D eigenvalue weighted by Crippen LogP contribution is 2.07. The second-order valence-corrected chi connectivity index (χ2v) is 2.91. The van der Waals surface area contributed by atoms with E-state index in [-0.39, 0.29) is 5.82 Å². The molecule has 1 rings (SSSR count). The summed E-state index contributed by atoms with van der Waals surface area (Å²) in [5, 5.41) is 11.6. The van der Waals surface area contributed by atoms with Gasteiger partial charge >= 0.3 is 5.97 Å². The van der Waals surface area contributed by atoms with Crippen molar-refractivity contribution >= 4 is 12.2 Å². The number of carboxylic acids is 1. The molecule has 0 heterocycles. The first-order chi connectivity index (χ1) is 7.09. The first kappa shape index (κ1) is 11.2. The number of oxime groups is 1. The van der Waals surface area contributed by atoms with E-state index in [0.717, 1.165) is 0 Å². The number of aryl methyl sites for hydroxylation is 1. The van der Waals surface area contributed by atoms with Crippen LogP contribution in [0.25, 0.3) is 0 Å². The lowest BCUT2D eigenvalue weighted by molar-refractivity contribution is -0.142. The SMILES string of the molecule is Cc1ccc(C=NOCC(=O)O)cc1F. The van der Waals surface area contributed by atoms with Gasteiger partial charge in [-0.2, -0.15) is 0 Å². The summed E-state index contributed by atoms with van der Waals surface area (Å²) in [6, 6.07) is 4.56. The third kappa shape index (κ3) is 3.76. The van der Waals surface area contributed by atoms with Gasteiger partial charge in [0.2, 0.25) is 6.61 Å². The van der Waals surface area contributed by atoms with Crippen LogP contribution >= 0.6 is 0 Å². The molecular formula is C10H10FNO3. The van der Waals surface area contributed by atoms with Crippen molar-refractivity contribution in [3.63, 3.8) is 0 Å². The second-order valence-electron chi connectivity index (χ2n) is 2.91. The average molecular weight is 211 g/mol. The fourth-order valence-electron chi connectivity index (χ4n) is 0.880. The number of halogens is 1. The number of rotatable bonds is 4. The van der Waals surface area contributed by atoms with Crippen LogP contribution in [0.5, 0.6) is 0 Å². The minimum absolute atomic E-state index is 0.336. The van der Waals surface area contributed by atoms with Crippen LogP contribution in [0, 0.1) is 12.7 Å². The fraction of sp³-hybridized carbons (Fsp3) is 0.200. The predicted molar refractivity (Wildman–Crippen MR) is 52.3 cm³/mol. The van der Waals surface area contributed by atoms with E-state index < -0.39 is 12.6 Å². The fourth-order valence-corrected chi connectivity index (χ4v) is 0.880. The molecular weight excluding hydrogens is 201 g/mol. The van der Waals surface area contributed by atoms with Crippen LogP contribution in [0.3, 0.4) is 0 Å². The summed E-state index contributed by atoms with van der Waals surface area (Å²) in [5.74, 6) is -1.44. The number of carbonyl (C=O) groups is 1. The first-order valence-corrected chi connectivity index (χ1v) is 4.23. The third-order valence-electron chi connectivity index (χ3n) is 1.66. The van der Waals surface area contributed by atoms with Gasteiger partial charge in [0.1, 0.15) is 5.82 Å². The Balaban J connectivity index is 2.57. The zero-order valence-corrected chi connectivity index (χ0v) is 8.11. The van der Waals surface area contributed by atoms with Crippen molar-refractivity contribution < 1.29 is 19.1 Å². The Hall–Kier alpha value is -1.91. The van der Waals surface area contributed by atoms with E-state index in [4.69, 9.17) is 5.11 Å². The summed E-state index contributed by atoms with van der Waals surface area (Å²) in [6.07, 6.45) is 1.26. The molecule has 1 aromatic carbocycles. The van der Waals surface area contributed by atoms with E-state index in [2.05, 4.69) is 9.99 Å². The van der Waals surface area contributed by atoms with Crippen molar-refractivity contribution in [3.8, 4) is 0 Å². The summed E-state index contributed by atoms with van der Waals surface area (Å²) in [4.78, 5) is 14.5. The van der Waals surface area contributed by atoms with E-state index in [1.807, 2.05) is 0 Å². The number of hydrogen-bond acceptors (Lipinski definition) is 3. The molecule has 0 aliphatic rings. The Morgan fingerprint density at radius 2 is 2.40 bits per heavy atom. The molecule has 4 nitrogen and oxygen atoms in total. The number of aliphatic carboxylic acids is 1. The molecule has 0 aliphatic carbocycles. The van der Waals surface area contributed by atoms with Gasteiger partial charge in [-0.15, -0.1) is 0 Å². The maximum absolute atomic E-state index is 13.0. The second kappa shape index (κ2) is 5.09. The zero-order chi connectivity index (χ0) is 11.3. The summed E-state index contributed by atoms with van der Waals surface area (Å²) in [5.41, 5.74) is 1.06. The maximum atomic E-state index is 13.0. The lowest BCUT2D eigenvalue weighted by Crippen LogP contribution is -2.03. The smallest absolute Gasteiger partial charge is 0.344 e. The van der Waals surface area contributed by atoms with E-state index in [0.29, 0.717) is 11.1 Å². The zero-order valence-electron chi connectivity index (χ0n) is 8.11. The minimum Gasteiger partial charge on any atom is -0.479 e. The highest BCUT2D eigenvalue weighted by Gasteiger charge is 1.97. The topological polar surface area (TPSA) is 58.9 Å². The van der Waals surface area contributed by atoms with Crippen LogP contribution in [0.4, 0.5) is 4.39 Å². The Labute approximate surface area is 86.0 Å².